The van der Waals surface area contributed by atoms with Gasteiger partial charge in [-0.1, -0.05) is 24.3 Å². The van der Waals surface area contributed by atoms with Gasteiger partial charge in [-0.2, -0.15) is 0 Å². The molecule has 29 heavy (non-hydrogen) atoms. The highest BCUT2D eigenvalue weighted by Crippen LogP contribution is 2.45. The minimum Gasteiger partial charge on any atom is -0.497 e. The van der Waals surface area contributed by atoms with Crippen LogP contribution in [0.5, 0.6) is 5.75 Å². The normalized spacial score (nSPS) is 25.7. The molecule has 1 aromatic carbocycles. The second-order valence-corrected chi connectivity index (χ2v) is 7.76. The van der Waals surface area contributed by atoms with Gasteiger partial charge < -0.3 is 15.4 Å². The molecular weight excluding hydrogens is 371 g/mol. The number of ether oxygens (including phenoxy) is 1. The van der Waals surface area contributed by atoms with Crippen LogP contribution in [0.1, 0.15) is 30.8 Å². The number of aromatic nitrogens is 2. The van der Waals surface area contributed by atoms with Crippen molar-refractivity contribution in [3.8, 4) is 5.75 Å². The molecule has 1 amide bonds. The molecule has 6 nitrogen and oxygen atoms in total. The Morgan fingerprint density at radius 1 is 1.24 bits per heavy atom. The van der Waals surface area contributed by atoms with Gasteiger partial charge in [0.2, 0.25) is 5.91 Å². The van der Waals surface area contributed by atoms with Crippen molar-refractivity contribution in [2.24, 2.45) is 17.8 Å². The van der Waals surface area contributed by atoms with Crippen LogP contribution in [0, 0.1) is 30.5 Å². The van der Waals surface area contributed by atoms with E-state index in [9.17, 15) is 9.18 Å². The first-order chi connectivity index (χ1) is 14.0. The van der Waals surface area contributed by atoms with Crippen molar-refractivity contribution in [1.82, 2.24) is 15.3 Å². The van der Waals surface area contributed by atoms with Crippen molar-refractivity contribution in [3.05, 3.63) is 59.8 Å². The van der Waals surface area contributed by atoms with Crippen LogP contribution in [0.4, 0.5) is 10.2 Å². The Morgan fingerprint density at radius 3 is 2.69 bits per heavy atom. The number of fused-ring (bicyclic) bond motifs is 2. The van der Waals surface area contributed by atoms with E-state index in [0.717, 1.165) is 23.9 Å². The number of allylic oxidation sites excluding steroid dienone is 1. The zero-order valence-corrected chi connectivity index (χ0v) is 16.7. The molecule has 0 saturated heterocycles. The predicted molar refractivity (Wildman–Crippen MR) is 108 cm³/mol. The maximum absolute atomic E-state index is 14.2. The third-order valence-corrected chi connectivity index (χ3v) is 5.90. The van der Waals surface area contributed by atoms with Gasteiger partial charge in [-0.15, -0.1) is 0 Å². The zero-order valence-electron chi connectivity index (χ0n) is 16.7. The van der Waals surface area contributed by atoms with Crippen LogP contribution >= 0.6 is 0 Å². The summed E-state index contributed by atoms with van der Waals surface area (Å²) < 4.78 is 19.4. The van der Waals surface area contributed by atoms with Gasteiger partial charge in [0.15, 0.2) is 11.6 Å². The lowest BCUT2D eigenvalue weighted by molar-refractivity contribution is -0.126. The Balaban J connectivity index is 1.50. The lowest BCUT2D eigenvalue weighted by Gasteiger charge is -2.29. The number of halogens is 1. The molecule has 2 N–H and O–H groups in total. The lowest BCUT2D eigenvalue weighted by atomic mass is 9.87. The lowest BCUT2D eigenvalue weighted by Crippen LogP contribution is -2.44. The molecule has 2 aromatic rings. The summed E-state index contributed by atoms with van der Waals surface area (Å²) in [7, 11) is 1.62. The molecule has 1 aromatic heterocycles. The molecule has 5 atom stereocenters. The van der Waals surface area contributed by atoms with Gasteiger partial charge in [0, 0.05) is 6.04 Å². The fourth-order valence-corrected chi connectivity index (χ4v) is 4.38. The summed E-state index contributed by atoms with van der Waals surface area (Å²) in [6.45, 7) is 3.67. The van der Waals surface area contributed by atoms with E-state index in [1.54, 1.807) is 14.0 Å². The number of hydrogen-bond donors (Lipinski definition) is 2. The molecular formula is C22H25FN4O2. The van der Waals surface area contributed by atoms with E-state index in [-0.39, 0.29) is 41.6 Å². The maximum Gasteiger partial charge on any atom is 0.226 e. The molecule has 2 aliphatic rings. The highest BCUT2D eigenvalue weighted by Gasteiger charge is 2.48. The van der Waals surface area contributed by atoms with Crippen LogP contribution < -0.4 is 15.4 Å². The molecule has 1 saturated carbocycles. The molecule has 0 unspecified atom stereocenters. The largest absolute Gasteiger partial charge is 0.497 e. The standard InChI is InChI=1S/C22H25FN4O2/c1-12(14-6-8-17(29-3)9-7-14)25-22(28)19-15-4-5-16(10-15)20(19)27-21-18(23)11-24-13(2)26-21/h4-9,11-12,15-16,19-20H,10H2,1-3H3,(H,25,28)(H,24,26,27)/t12-,15-,16+,19-,20+/m1/s1. The molecule has 2 aliphatic carbocycles. The average Bonchev–Trinajstić information content (AvgIpc) is 3.32. The Bertz CT molecular complexity index is 931. The topological polar surface area (TPSA) is 76.1 Å². The van der Waals surface area contributed by atoms with E-state index in [1.807, 2.05) is 31.2 Å². The van der Waals surface area contributed by atoms with Crippen molar-refractivity contribution >= 4 is 11.7 Å². The molecule has 0 aliphatic heterocycles. The molecule has 0 radical (unpaired) electrons. The fraction of sp³-hybridized carbons (Fsp3) is 0.409. The number of aryl methyl sites for hydroxylation is 1. The fourth-order valence-electron chi connectivity index (χ4n) is 4.38. The van der Waals surface area contributed by atoms with Gasteiger partial charge >= 0.3 is 0 Å². The molecule has 152 valence electrons. The van der Waals surface area contributed by atoms with Crippen molar-refractivity contribution in [1.29, 1.82) is 0 Å². The third-order valence-electron chi connectivity index (χ3n) is 5.90. The van der Waals surface area contributed by atoms with E-state index in [1.165, 1.54) is 0 Å². The van der Waals surface area contributed by atoms with E-state index < -0.39 is 5.82 Å². The van der Waals surface area contributed by atoms with Gasteiger partial charge in [0.25, 0.3) is 0 Å². The number of amides is 1. The summed E-state index contributed by atoms with van der Waals surface area (Å²) in [5.41, 5.74) is 1.000. The number of carbonyl (C=O) groups is 1. The van der Waals surface area contributed by atoms with Gasteiger partial charge in [-0.3, -0.25) is 4.79 Å². The molecule has 1 fully saturated rings. The number of benzene rings is 1. The first-order valence-corrected chi connectivity index (χ1v) is 9.84. The van der Waals surface area contributed by atoms with Gasteiger partial charge in [0.05, 0.1) is 25.3 Å². The summed E-state index contributed by atoms with van der Waals surface area (Å²) in [5, 5.41) is 6.31. The number of methoxy groups -OCH3 is 1. The SMILES string of the molecule is COc1ccc([C@@H](C)NC(=O)[C@H]2[C@@H](Nc3nc(C)ncc3F)[C@H]3C=C[C@@H]2C3)cc1. The van der Waals surface area contributed by atoms with E-state index >= 15 is 0 Å². The second-order valence-electron chi connectivity index (χ2n) is 7.76. The minimum atomic E-state index is -0.506. The van der Waals surface area contributed by atoms with Crippen LogP contribution in [0.2, 0.25) is 0 Å². The Kier molecular flexibility index (Phi) is 5.22. The highest BCUT2D eigenvalue weighted by molar-refractivity contribution is 5.82. The Labute approximate surface area is 169 Å². The average molecular weight is 396 g/mol. The molecule has 1 heterocycles. The minimum absolute atomic E-state index is 0.0335. The monoisotopic (exact) mass is 396 g/mol. The number of hydrogen-bond acceptors (Lipinski definition) is 5. The van der Waals surface area contributed by atoms with Gasteiger partial charge in [-0.05, 0) is 49.8 Å². The van der Waals surface area contributed by atoms with E-state index in [2.05, 4.69) is 32.8 Å². The molecule has 2 bridgehead atoms. The smallest absolute Gasteiger partial charge is 0.226 e. The summed E-state index contributed by atoms with van der Waals surface area (Å²) in [4.78, 5) is 21.2. The van der Waals surface area contributed by atoms with Crippen molar-refractivity contribution in [2.75, 3.05) is 12.4 Å². The van der Waals surface area contributed by atoms with Crippen LogP contribution in [0.25, 0.3) is 0 Å². The Hall–Kier alpha value is -2.96. The number of carbonyl (C=O) groups excluding carboxylic acids is 1. The van der Waals surface area contributed by atoms with Crippen LogP contribution in [0.15, 0.2) is 42.6 Å². The Morgan fingerprint density at radius 2 is 1.97 bits per heavy atom. The third kappa shape index (κ3) is 3.81. The van der Waals surface area contributed by atoms with Crippen LogP contribution in [-0.2, 0) is 4.79 Å². The summed E-state index contributed by atoms with van der Waals surface area (Å²) in [6, 6.07) is 7.30. The van der Waals surface area contributed by atoms with Crippen LogP contribution in [-0.4, -0.2) is 29.0 Å². The van der Waals surface area contributed by atoms with Gasteiger partial charge in [0.1, 0.15) is 11.6 Å². The summed E-state index contributed by atoms with van der Waals surface area (Å²) in [5.74, 6) is 0.929. The number of rotatable bonds is 6. The van der Waals surface area contributed by atoms with Crippen molar-refractivity contribution in [3.63, 3.8) is 0 Å². The highest BCUT2D eigenvalue weighted by atomic mass is 19.1. The zero-order chi connectivity index (χ0) is 20.5. The van der Waals surface area contributed by atoms with Gasteiger partial charge in [-0.25, -0.2) is 14.4 Å². The predicted octanol–water partition coefficient (Wildman–Crippen LogP) is 3.41. The molecule has 7 heteroatoms. The molecule has 4 rings (SSSR count). The maximum atomic E-state index is 14.2. The van der Waals surface area contributed by atoms with Crippen molar-refractivity contribution in [2.45, 2.75) is 32.4 Å². The number of anilines is 1. The second kappa shape index (κ2) is 7.81. The number of nitrogens with zero attached hydrogens (tertiary/aromatic N) is 2. The summed E-state index contributed by atoms with van der Waals surface area (Å²) >= 11 is 0. The first kappa shape index (κ1) is 19.4. The van der Waals surface area contributed by atoms with Crippen molar-refractivity contribution < 1.29 is 13.9 Å². The first-order valence-electron chi connectivity index (χ1n) is 9.84. The molecule has 0 spiro atoms. The van der Waals surface area contributed by atoms with E-state index in [4.69, 9.17) is 4.74 Å². The quantitative estimate of drug-likeness (QED) is 0.732. The number of nitrogens with one attached hydrogen (secondary N) is 2. The summed E-state index contributed by atoms with van der Waals surface area (Å²) in [6.07, 6.45) is 6.27. The van der Waals surface area contributed by atoms with E-state index in [0.29, 0.717) is 5.82 Å². The van der Waals surface area contributed by atoms with Crippen LogP contribution in [0.3, 0.4) is 0 Å².